The molecule has 1 atom stereocenters. The highest BCUT2D eigenvalue weighted by atomic mass is 15.3. The van der Waals surface area contributed by atoms with Crippen LogP contribution in [0.2, 0.25) is 0 Å². The summed E-state index contributed by atoms with van der Waals surface area (Å²) in [7, 11) is 0. The van der Waals surface area contributed by atoms with Crippen LogP contribution >= 0.6 is 0 Å². The van der Waals surface area contributed by atoms with Crippen LogP contribution in [0.3, 0.4) is 0 Å². The molecule has 2 aromatic rings. The van der Waals surface area contributed by atoms with E-state index in [0.717, 1.165) is 32.4 Å². The molecule has 0 aliphatic carbocycles. The molecule has 0 radical (unpaired) electrons. The van der Waals surface area contributed by atoms with E-state index >= 15 is 0 Å². The summed E-state index contributed by atoms with van der Waals surface area (Å²) >= 11 is 0. The molecule has 0 saturated carbocycles. The van der Waals surface area contributed by atoms with E-state index in [4.69, 9.17) is 0 Å². The molecule has 0 saturated heterocycles. The van der Waals surface area contributed by atoms with E-state index in [1.807, 2.05) is 10.9 Å². The molecule has 0 amide bonds. The van der Waals surface area contributed by atoms with Gasteiger partial charge in [0.25, 0.3) is 0 Å². The van der Waals surface area contributed by atoms with Crippen LogP contribution in [0.5, 0.6) is 0 Å². The van der Waals surface area contributed by atoms with Gasteiger partial charge in [-0.25, -0.2) is 0 Å². The van der Waals surface area contributed by atoms with E-state index in [1.165, 1.54) is 16.7 Å². The number of hydrogen-bond acceptors (Lipinski definition) is 2. The summed E-state index contributed by atoms with van der Waals surface area (Å²) < 4.78 is 2.00. The number of nitrogens with zero attached hydrogens (tertiary/aromatic N) is 2. The van der Waals surface area contributed by atoms with Crippen molar-refractivity contribution in [2.45, 2.75) is 52.6 Å². The van der Waals surface area contributed by atoms with Crippen LogP contribution in [0.1, 0.15) is 49.9 Å². The molecular formula is C18H27N3. The minimum Gasteiger partial charge on any atom is -0.310 e. The smallest absolute Gasteiger partial charge is 0.0522 e. The average Bonchev–Trinajstić information content (AvgIpc) is 2.99. The van der Waals surface area contributed by atoms with Crippen molar-refractivity contribution in [1.82, 2.24) is 15.1 Å². The summed E-state index contributed by atoms with van der Waals surface area (Å²) in [4.78, 5) is 0. The van der Waals surface area contributed by atoms with Gasteiger partial charge in [0, 0.05) is 18.8 Å². The molecule has 0 spiro atoms. The maximum Gasteiger partial charge on any atom is 0.0522 e. The van der Waals surface area contributed by atoms with Crippen molar-refractivity contribution in [3.63, 3.8) is 0 Å². The normalized spacial score (nSPS) is 12.5. The molecule has 2 rings (SSSR count). The zero-order valence-corrected chi connectivity index (χ0v) is 13.5. The third-order valence-corrected chi connectivity index (χ3v) is 3.90. The fourth-order valence-electron chi connectivity index (χ4n) is 2.73. The number of aryl methyl sites for hydroxylation is 2. The Morgan fingerprint density at radius 2 is 2.00 bits per heavy atom. The van der Waals surface area contributed by atoms with Crippen LogP contribution < -0.4 is 5.32 Å². The number of hydrogen-bond donors (Lipinski definition) is 1. The van der Waals surface area contributed by atoms with Crippen molar-refractivity contribution in [2.24, 2.45) is 0 Å². The second-order valence-electron chi connectivity index (χ2n) is 5.47. The molecule has 3 heteroatoms. The Morgan fingerprint density at radius 1 is 1.19 bits per heavy atom. The summed E-state index contributed by atoms with van der Waals surface area (Å²) in [5, 5.41) is 8.09. The topological polar surface area (TPSA) is 29.9 Å². The Hall–Kier alpha value is -1.61. The van der Waals surface area contributed by atoms with Crippen molar-refractivity contribution in [3.05, 3.63) is 53.3 Å². The van der Waals surface area contributed by atoms with Crippen LogP contribution in [0.15, 0.2) is 36.7 Å². The number of rotatable bonds is 8. The highest BCUT2D eigenvalue weighted by molar-refractivity contribution is 5.31. The second-order valence-corrected chi connectivity index (χ2v) is 5.47. The van der Waals surface area contributed by atoms with Crippen molar-refractivity contribution in [1.29, 1.82) is 0 Å². The van der Waals surface area contributed by atoms with E-state index in [0.29, 0.717) is 6.04 Å². The Balaban J connectivity index is 2.20. The highest BCUT2D eigenvalue weighted by Crippen LogP contribution is 2.22. The molecule has 1 N–H and O–H groups in total. The lowest BCUT2D eigenvalue weighted by molar-refractivity contribution is 0.525. The zero-order valence-electron chi connectivity index (χ0n) is 13.5. The third-order valence-electron chi connectivity index (χ3n) is 3.90. The molecule has 0 bridgehead atoms. The first kappa shape index (κ1) is 15.8. The van der Waals surface area contributed by atoms with Gasteiger partial charge in [0.1, 0.15) is 0 Å². The lowest BCUT2D eigenvalue weighted by Crippen LogP contribution is -2.25. The Kier molecular flexibility index (Phi) is 6.00. The minimum absolute atomic E-state index is 0.371. The first-order chi connectivity index (χ1) is 10.3. The Labute approximate surface area is 128 Å². The fourth-order valence-corrected chi connectivity index (χ4v) is 2.73. The molecule has 1 aromatic carbocycles. The molecule has 1 aromatic heterocycles. The highest BCUT2D eigenvalue weighted by Gasteiger charge is 2.15. The van der Waals surface area contributed by atoms with Crippen LogP contribution in [-0.4, -0.2) is 16.3 Å². The second kappa shape index (κ2) is 7.99. The van der Waals surface area contributed by atoms with Gasteiger partial charge in [-0.1, -0.05) is 38.1 Å². The summed E-state index contributed by atoms with van der Waals surface area (Å²) in [6, 6.07) is 9.15. The molecule has 21 heavy (non-hydrogen) atoms. The number of nitrogens with one attached hydrogen (secondary N) is 1. The fraction of sp³-hybridized carbons (Fsp3) is 0.500. The van der Waals surface area contributed by atoms with Crippen molar-refractivity contribution in [2.75, 3.05) is 6.54 Å². The lowest BCUT2D eigenvalue weighted by atomic mass is 9.94. The van der Waals surface area contributed by atoms with Crippen molar-refractivity contribution in [3.8, 4) is 0 Å². The molecule has 0 aliphatic rings. The number of aromatic nitrogens is 2. The van der Waals surface area contributed by atoms with Crippen LogP contribution in [0.4, 0.5) is 0 Å². The molecule has 1 heterocycles. The summed E-state index contributed by atoms with van der Waals surface area (Å²) in [5.41, 5.74) is 4.17. The summed E-state index contributed by atoms with van der Waals surface area (Å²) in [6.45, 7) is 8.54. The molecule has 0 aliphatic heterocycles. The lowest BCUT2D eigenvalue weighted by Gasteiger charge is -2.21. The minimum atomic E-state index is 0.371. The van der Waals surface area contributed by atoms with Gasteiger partial charge in [-0.15, -0.1) is 0 Å². The molecule has 0 fully saturated rings. The van der Waals surface area contributed by atoms with Crippen LogP contribution in [0, 0.1) is 0 Å². The van der Waals surface area contributed by atoms with Crippen LogP contribution in [-0.2, 0) is 19.4 Å². The number of benzene rings is 1. The third kappa shape index (κ3) is 4.18. The first-order valence-electron chi connectivity index (χ1n) is 8.10. The largest absolute Gasteiger partial charge is 0.310 e. The van der Waals surface area contributed by atoms with Gasteiger partial charge >= 0.3 is 0 Å². The van der Waals surface area contributed by atoms with E-state index in [9.17, 15) is 0 Å². The standard InChI is InChI=1S/C18H27N3/c1-4-11-19-18(12-15-13-20-21(6-3)14-15)17-10-8-7-9-16(17)5-2/h7-10,13-14,18-19H,4-6,11-12H2,1-3H3. The monoisotopic (exact) mass is 285 g/mol. The van der Waals surface area contributed by atoms with E-state index in [-0.39, 0.29) is 0 Å². The van der Waals surface area contributed by atoms with Gasteiger partial charge in [-0.2, -0.15) is 5.10 Å². The summed E-state index contributed by atoms with van der Waals surface area (Å²) in [5.74, 6) is 0. The van der Waals surface area contributed by atoms with Gasteiger partial charge in [0.05, 0.1) is 6.20 Å². The van der Waals surface area contributed by atoms with Crippen molar-refractivity contribution < 1.29 is 0 Å². The van der Waals surface area contributed by atoms with E-state index in [2.05, 4.69) is 61.6 Å². The summed E-state index contributed by atoms with van der Waals surface area (Å²) in [6.07, 6.45) is 7.39. The van der Waals surface area contributed by atoms with Gasteiger partial charge in [0.2, 0.25) is 0 Å². The SMILES string of the molecule is CCCNC(Cc1cnn(CC)c1)c1ccccc1CC. The van der Waals surface area contributed by atoms with Gasteiger partial charge in [0.15, 0.2) is 0 Å². The van der Waals surface area contributed by atoms with Gasteiger partial charge < -0.3 is 5.32 Å². The quantitative estimate of drug-likeness (QED) is 0.800. The van der Waals surface area contributed by atoms with Gasteiger partial charge in [-0.05, 0) is 49.4 Å². The molecule has 1 unspecified atom stereocenters. The first-order valence-corrected chi connectivity index (χ1v) is 8.10. The predicted molar refractivity (Wildman–Crippen MR) is 88.5 cm³/mol. The van der Waals surface area contributed by atoms with E-state index in [1.54, 1.807) is 0 Å². The molecule has 114 valence electrons. The van der Waals surface area contributed by atoms with E-state index < -0.39 is 0 Å². The van der Waals surface area contributed by atoms with Gasteiger partial charge in [-0.3, -0.25) is 4.68 Å². The maximum absolute atomic E-state index is 4.39. The maximum atomic E-state index is 4.39. The Morgan fingerprint density at radius 3 is 2.67 bits per heavy atom. The molecular weight excluding hydrogens is 258 g/mol. The van der Waals surface area contributed by atoms with Crippen molar-refractivity contribution >= 4 is 0 Å². The molecule has 3 nitrogen and oxygen atoms in total. The Bertz CT molecular complexity index is 545. The predicted octanol–water partition coefficient (Wildman–Crippen LogP) is 3.75. The average molecular weight is 285 g/mol. The zero-order chi connectivity index (χ0) is 15.1. The van der Waals surface area contributed by atoms with Crippen LogP contribution in [0.25, 0.3) is 0 Å².